The number of aliphatic carboxylic acids is 1. The highest BCUT2D eigenvalue weighted by atomic mass is 32.2. The number of amides is 2. The van der Waals surface area contributed by atoms with E-state index in [1.165, 1.54) is 30.2 Å². The van der Waals surface area contributed by atoms with Gasteiger partial charge in [-0.15, -0.1) is 11.3 Å². The Morgan fingerprint density at radius 3 is 2.60 bits per heavy atom. The Bertz CT molecular complexity index is 1280. The first-order valence-electron chi connectivity index (χ1n) is 9.89. The standard InChI is InChI=1S/C17H22N8O8S2/c1-8-19-7-24(22-8)5-4-10-12(14(27)25(10)35(30,31)32)21-13(26)11(9-6-34-16(18)20-9)23-33-17(2,3)15(28)29/h6-7,10,12H,4-5H2,1-3H3,(H2,18,20)(H,21,26)(H,28,29)(H,30,31,32)/b23-11-/t10?,12-/m0/s1. The summed E-state index contributed by atoms with van der Waals surface area (Å²) in [6.45, 7) is 4.17. The third-order valence-corrected chi connectivity index (χ3v) is 6.49. The molecule has 0 radical (unpaired) electrons. The van der Waals surface area contributed by atoms with Crippen molar-refractivity contribution in [2.45, 2.75) is 51.4 Å². The lowest BCUT2D eigenvalue weighted by atomic mass is 9.95. The lowest BCUT2D eigenvalue weighted by Crippen LogP contribution is -2.72. The first-order chi connectivity index (χ1) is 16.2. The van der Waals surface area contributed by atoms with Crippen LogP contribution >= 0.6 is 11.3 Å². The summed E-state index contributed by atoms with van der Waals surface area (Å²) in [6.07, 6.45) is 1.39. The summed E-state index contributed by atoms with van der Waals surface area (Å²) in [5.74, 6) is -2.98. The number of nitrogens with two attached hydrogens (primary N) is 1. The summed E-state index contributed by atoms with van der Waals surface area (Å²) in [5, 5.41) is 20.7. The number of thiazole rings is 1. The molecule has 1 fully saturated rings. The van der Waals surface area contributed by atoms with Gasteiger partial charge in [0.05, 0.1) is 6.04 Å². The molecule has 3 rings (SSSR count). The number of nitrogen functional groups attached to an aromatic ring is 1. The predicted octanol–water partition coefficient (Wildman–Crippen LogP) is -1.20. The molecule has 2 aromatic rings. The number of hydrogen-bond donors (Lipinski definition) is 4. The topological polar surface area (TPSA) is 232 Å². The van der Waals surface area contributed by atoms with Crippen molar-refractivity contribution in [3.63, 3.8) is 0 Å². The minimum atomic E-state index is -4.90. The van der Waals surface area contributed by atoms with Crippen molar-refractivity contribution in [2.24, 2.45) is 5.16 Å². The Morgan fingerprint density at radius 1 is 1.40 bits per heavy atom. The molecule has 0 bridgehead atoms. The third kappa shape index (κ3) is 5.72. The van der Waals surface area contributed by atoms with Crippen molar-refractivity contribution in [3.05, 3.63) is 23.2 Å². The largest absolute Gasteiger partial charge is 0.478 e. The van der Waals surface area contributed by atoms with Crippen LogP contribution in [-0.4, -0.2) is 83.3 Å². The molecule has 1 aliphatic heterocycles. The van der Waals surface area contributed by atoms with Crippen molar-refractivity contribution in [1.82, 2.24) is 29.4 Å². The zero-order chi connectivity index (χ0) is 26.1. The SMILES string of the molecule is Cc1ncn(CCC2[C@H](NC(=O)/C(=N\OC(C)(C)C(=O)O)c3csc(N)n3)C(=O)N2S(=O)(=O)O)n1. The van der Waals surface area contributed by atoms with Gasteiger partial charge in [0.15, 0.2) is 10.8 Å². The molecule has 16 nitrogen and oxygen atoms in total. The van der Waals surface area contributed by atoms with Crippen molar-refractivity contribution in [3.8, 4) is 0 Å². The fourth-order valence-electron chi connectivity index (χ4n) is 3.01. The molecule has 1 aliphatic rings. The summed E-state index contributed by atoms with van der Waals surface area (Å²) in [5.41, 5.74) is 3.26. The minimum absolute atomic E-state index is 0.0159. The number of aromatic nitrogens is 4. The first-order valence-corrected chi connectivity index (χ1v) is 12.2. The number of oxime groups is 1. The van der Waals surface area contributed by atoms with Crippen LogP contribution < -0.4 is 11.1 Å². The van der Waals surface area contributed by atoms with Gasteiger partial charge < -0.3 is 21.0 Å². The van der Waals surface area contributed by atoms with Crippen LogP contribution in [0.3, 0.4) is 0 Å². The number of carboxylic acids is 1. The second-order valence-electron chi connectivity index (χ2n) is 7.89. The van der Waals surface area contributed by atoms with E-state index in [-0.39, 0.29) is 28.1 Å². The maximum atomic E-state index is 13.0. The number of rotatable bonds is 10. The minimum Gasteiger partial charge on any atom is -0.478 e. The van der Waals surface area contributed by atoms with Crippen LogP contribution in [0.1, 0.15) is 31.8 Å². The van der Waals surface area contributed by atoms with Crippen LogP contribution in [-0.2, 0) is 36.1 Å². The van der Waals surface area contributed by atoms with Crippen molar-refractivity contribution >= 4 is 50.3 Å². The van der Waals surface area contributed by atoms with E-state index in [1.807, 2.05) is 0 Å². The van der Waals surface area contributed by atoms with Gasteiger partial charge in [0, 0.05) is 11.9 Å². The number of nitrogens with zero attached hydrogens (tertiary/aromatic N) is 6. The van der Waals surface area contributed by atoms with Gasteiger partial charge in [0.25, 0.3) is 11.8 Å². The van der Waals surface area contributed by atoms with Gasteiger partial charge in [-0.1, -0.05) is 5.16 Å². The van der Waals surface area contributed by atoms with Crippen LogP contribution in [0.5, 0.6) is 0 Å². The molecule has 0 spiro atoms. The van der Waals surface area contributed by atoms with Crippen LogP contribution in [0.4, 0.5) is 5.13 Å². The summed E-state index contributed by atoms with van der Waals surface area (Å²) in [6, 6.07) is -2.51. The van der Waals surface area contributed by atoms with Gasteiger partial charge in [-0.2, -0.15) is 13.5 Å². The fraction of sp³-hybridized carbons (Fsp3) is 0.471. The average Bonchev–Trinajstić information content (AvgIpc) is 3.35. The van der Waals surface area contributed by atoms with Crippen LogP contribution in [0, 0.1) is 6.92 Å². The van der Waals surface area contributed by atoms with E-state index >= 15 is 0 Å². The Labute approximate surface area is 202 Å². The molecule has 0 aliphatic carbocycles. The van der Waals surface area contributed by atoms with E-state index < -0.39 is 51.5 Å². The number of β-lactam (4-membered cyclic amide) rings is 1. The monoisotopic (exact) mass is 530 g/mol. The molecule has 3 heterocycles. The average molecular weight is 531 g/mol. The highest BCUT2D eigenvalue weighted by Crippen LogP contribution is 2.27. The van der Waals surface area contributed by atoms with Crippen molar-refractivity contribution in [1.29, 1.82) is 0 Å². The molecule has 0 aromatic carbocycles. The quantitative estimate of drug-likeness (QED) is 0.123. The molecule has 18 heteroatoms. The molecular weight excluding hydrogens is 508 g/mol. The predicted molar refractivity (Wildman–Crippen MR) is 119 cm³/mol. The van der Waals surface area contributed by atoms with Crippen molar-refractivity contribution in [2.75, 3.05) is 5.73 Å². The third-order valence-electron chi connectivity index (χ3n) is 4.87. The number of carbonyl (C=O) groups is 3. The zero-order valence-electron chi connectivity index (χ0n) is 18.6. The highest BCUT2D eigenvalue weighted by molar-refractivity contribution is 7.84. The molecule has 190 valence electrons. The van der Waals surface area contributed by atoms with E-state index in [2.05, 4.69) is 25.5 Å². The number of hydrogen-bond acceptors (Lipinski definition) is 12. The van der Waals surface area contributed by atoms with E-state index in [0.717, 1.165) is 11.3 Å². The zero-order valence-corrected chi connectivity index (χ0v) is 20.3. The van der Waals surface area contributed by atoms with Gasteiger partial charge >= 0.3 is 16.3 Å². The number of carboxylic acid groups (broad SMARTS) is 1. The second kappa shape index (κ2) is 9.55. The van der Waals surface area contributed by atoms with Crippen LogP contribution in [0.15, 0.2) is 16.9 Å². The lowest BCUT2D eigenvalue weighted by Gasteiger charge is -2.44. The van der Waals surface area contributed by atoms with E-state index in [4.69, 9.17) is 10.6 Å². The maximum Gasteiger partial charge on any atom is 0.362 e. The van der Waals surface area contributed by atoms with Gasteiger partial charge in [-0.3, -0.25) is 18.8 Å². The van der Waals surface area contributed by atoms with Crippen LogP contribution in [0.25, 0.3) is 0 Å². The van der Waals surface area contributed by atoms with E-state index in [9.17, 15) is 32.5 Å². The molecule has 0 saturated carbocycles. The number of anilines is 1. The number of nitrogens with one attached hydrogen (secondary N) is 1. The Morgan fingerprint density at radius 2 is 2.09 bits per heavy atom. The number of carbonyl (C=O) groups excluding carboxylic acids is 2. The molecule has 1 saturated heterocycles. The van der Waals surface area contributed by atoms with Crippen molar-refractivity contribution < 1.29 is 37.3 Å². The molecule has 2 aromatic heterocycles. The Balaban J connectivity index is 1.84. The van der Waals surface area contributed by atoms with E-state index in [0.29, 0.717) is 5.82 Å². The second-order valence-corrected chi connectivity index (χ2v) is 10.1. The Hall–Kier alpha value is -3.64. The molecular formula is C17H22N8O8S2. The molecule has 5 N–H and O–H groups in total. The van der Waals surface area contributed by atoms with Gasteiger partial charge in [0.1, 0.15) is 23.9 Å². The van der Waals surface area contributed by atoms with E-state index in [1.54, 1.807) is 6.92 Å². The van der Waals surface area contributed by atoms with Crippen LogP contribution in [0.2, 0.25) is 0 Å². The molecule has 2 atom stereocenters. The molecule has 35 heavy (non-hydrogen) atoms. The summed E-state index contributed by atoms with van der Waals surface area (Å²) < 4.78 is 34.5. The molecule has 2 amide bonds. The van der Waals surface area contributed by atoms with Gasteiger partial charge in [-0.05, 0) is 27.2 Å². The highest BCUT2D eigenvalue weighted by Gasteiger charge is 2.54. The molecule has 1 unspecified atom stereocenters. The van der Waals surface area contributed by atoms with Gasteiger partial charge in [0.2, 0.25) is 5.60 Å². The van der Waals surface area contributed by atoms with Gasteiger partial charge in [-0.25, -0.2) is 19.1 Å². The maximum absolute atomic E-state index is 13.0. The number of aryl methyl sites for hydroxylation is 2. The fourth-order valence-corrected chi connectivity index (χ4v) is 4.47. The Kier molecular flexibility index (Phi) is 7.08. The summed E-state index contributed by atoms with van der Waals surface area (Å²) >= 11 is 0.972. The summed E-state index contributed by atoms with van der Waals surface area (Å²) in [7, 11) is -4.90. The lowest BCUT2D eigenvalue weighted by molar-refractivity contribution is -0.161. The first kappa shape index (κ1) is 26.0. The smallest absolute Gasteiger partial charge is 0.362 e. The normalized spacial score (nSPS) is 18.8. The summed E-state index contributed by atoms with van der Waals surface area (Å²) in [4.78, 5) is 49.7.